The number of alkyl halides is 3. The minimum atomic E-state index is -4.68. The monoisotopic (exact) mass is 545 g/mol. The van der Waals surface area contributed by atoms with E-state index in [2.05, 4.69) is 15.6 Å². The van der Waals surface area contributed by atoms with Crippen LogP contribution in [0.15, 0.2) is 83.3 Å². The number of para-hydroxylation sites is 2. The van der Waals surface area contributed by atoms with Crippen LogP contribution in [0.1, 0.15) is 42.5 Å². The highest BCUT2D eigenvalue weighted by Crippen LogP contribution is 2.33. The van der Waals surface area contributed by atoms with Gasteiger partial charge in [0.2, 0.25) is 11.8 Å². The summed E-state index contributed by atoms with van der Waals surface area (Å²) in [6.45, 7) is 1.73. The molecule has 4 atom stereocenters. The number of benzene rings is 3. The number of aromatic nitrogens is 1. The molecule has 0 bridgehead atoms. The van der Waals surface area contributed by atoms with Gasteiger partial charge in [0.1, 0.15) is 11.6 Å². The van der Waals surface area contributed by atoms with E-state index in [-0.39, 0.29) is 24.3 Å². The van der Waals surface area contributed by atoms with E-state index < -0.39 is 36.3 Å². The van der Waals surface area contributed by atoms with Gasteiger partial charge in [0.05, 0.1) is 12.1 Å². The molecule has 0 saturated heterocycles. The second-order valence-corrected chi connectivity index (χ2v) is 9.30. The second-order valence-electron chi connectivity index (χ2n) is 8.89. The van der Waals surface area contributed by atoms with Crippen LogP contribution < -0.4 is 10.6 Å². The number of nitrogens with one attached hydrogen (secondary N) is 2. The van der Waals surface area contributed by atoms with E-state index in [0.717, 1.165) is 0 Å². The van der Waals surface area contributed by atoms with E-state index in [0.29, 0.717) is 21.7 Å². The Morgan fingerprint density at radius 3 is 2.34 bits per heavy atom. The molecule has 6 nitrogen and oxygen atoms in total. The Balaban J connectivity index is 1.61. The van der Waals surface area contributed by atoms with Crippen LogP contribution in [0.2, 0.25) is 5.02 Å². The van der Waals surface area contributed by atoms with Crippen LogP contribution >= 0.6 is 11.6 Å². The maximum Gasteiger partial charge on any atom is 0.407 e. The molecule has 0 aliphatic heterocycles. The largest absolute Gasteiger partial charge is 0.438 e. The number of amides is 1. The van der Waals surface area contributed by atoms with Crippen molar-refractivity contribution in [3.63, 3.8) is 0 Å². The van der Waals surface area contributed by atoms with Crippen molar-refractivity contribution < 1.29 is 27.5 Å². The maximum absolute atomic E-state index is 14.1. The molecule has 0 radical (unpaired) electrons. The van der Waals surface area contributed by atoms with Gasteiger partial charge >= 0.3 is 6.18 Å². The molecule has 2 unspecified atom stereocenters. The average molecular weight is 546 g/mol. The molecule has 10 heteroatoms. The number of halogens is 4. The number of carbonyl (C=O) groups excluding carboxylic acids is 1. The zero-order valence-electron chi connectivity index (χ0n) is 20.5. The molecule has 4 aromatic rings. The van der Waals surface area contributed by atoms with E-state index in [1.54, 1.807) is 61.5 Å². The van der Waals surface area contributed by atoms with Gasteiger partial charge in [0.15, 0.2) is 11.7 Å². The minimum absolute atomic E-state index is 0.00594. The molecule has 0 fully saturated rings. The quantitative estimate of drug-likeness (QED) is 0.230. The highest BCUT2D eigenvalue weighted by Gasteiger charge is 2.43. The van der Waals surface area contributed by atoms with Gasteiger partial charge in [-0.3, -0.25) is 10.1 Å². The zero-order chi connectivity index (χ0) is 27.3. The number of aliphatic hydroxyl groups is 1. The summed E-state index contributed by atoms with van der Waals surface area (Å²) in [4.78, 5) is 17.8. The first-order chi connectivity index (χ1) is 18.2. The molecule has 0 saturated carbocycles. The molecule has 200 valence electrons. The first-order valence-electron chi connectivity index (χ1n) is 12.1. The third-order valence-electron chi connectivity index (χ3n) is 6.24. The summed E-state index contributed by atoms with van der Waals surface area (Å²) in [5, 5.41) is 16.5. The molecule has 0 aliphatic carbocycles. The minimum Gasteiger partial charge on any atom is -0.438 e. The number of carbonyl (C=O) groups is 1. The molecule has 0 aliphatic rings. The number of oxazole rings is 1. The van der Waals surface area contributed by atoms with Crippen molar-refractivity contribution >= 4 is 28.6 Å². The van der Waals surface area contributed by atoms with Crippen molar-refractivity contribution in [2.45, 2.75) is 50.2 Å². The zero-order valence-corrected chi connectivity index (χ0v) is 21.2. The number of hydrogen-bond acceptors (Lipinski definition) is 5. The van der Waals surface area contributed by atoms with Crippen LogP contribution in [0.3, 0.4) is 0 Å². The SMILES string of the molecule is CCC(NC(=O)C(Cc1ccccc1Cl)N[C@@H](c1ccccc1)C(F)(F)F)[C@H](O)c1nc2ccccc2o1. The van der Waals surface area contributed by atoms with Crippen molar-refractivity contribution in [3.05, 3.63) is 101 Å². The summed E-state index contributed by atoms with van der Waals surface area (Å²) < 4.78 is 48.1. The standard InChI is InChI=1S/C28H27ClF3N3O3/c1-2-20(24(36)27-35-21-14-8-9-15-23(21)38-27)34-26(37)22(16-18-12-6-7-13-19(18)29)33-25(28(30,31)32)17-10-4-3-5-11-17/h3-15,20,22,24-25,33,36H,2,16H2,1H3,(H,34,37)/t20?,22?,24-,25-/m0/s1. The Morgan fingerprint density at radius 2 is 1.68 bits per heavy atom. The average Bonchev–Trinajstić information content (AvgIpc) is 3.34. The van der Waals surface area contributed by atoms with Gasteiger partial charge < -0.3 is 14.8 Å². The van der Waals surface area contributed by atoms with Crippen LogP contribution in [-0.2, 0) is 11.2 Å². The predicted octanol–water partition coefficient (Wildman–Crippen LogP) is 5.91. The Morgan fingerprint density at radius 1 is 1.03 bits per heavy atom. The fourth-order valence-corrected chi connectivity index (χ4v) is 4.43. The highest BCUT2D eigenvalue weighted by atomic mass is 35.5. The summed E-state index contributed by atoms with van der Waals surface area (Å²) >= 11 is 6.28. The number of nitrogens with zero attached hydrogens (tertiary/aromatic N) is 1. The van der Waals surface area contributed by atoms with E-state index >= 15 is 0 Å². The van der Waals surface area contributed by atoms with Crippen molar-refractivity contribution in [2.75, 3.05) is 0 Å². The molecule has 38 heavy (non-hydrogen) atoms. The van der Waals surface area contributed by atoms with E-state index in [4.69, 9.17) is 16.0 Å². The lowest BCUT2D eigenvalue weighted by molar-refractivity contribution is -0.161. The third-order valence-corrected chi connectivity index (χ3v) is 6.61. The summed E-state index contributed by atoms with van der Waals surface area (Å²) in [6, 6.07) is 16.6. The second kappa shape index (κ2) is 12.0. The fraction of sp³-hybridized carbons (Fsp3) is 0.286. The Kier molecular flexibility index (Phi) is 8.71. The summed E-state index contributed by atoms with van der Waals surface area (Å²) in [6.07, 6.45) is -5.83. The maximum atomic E-state index is 14.1. The van der Waals surface area contributed by atoms with Crippen LogP contribution in [0.5, 0.6) is 0 Å². The Hall–Kier alpha value is -3.40. The fourth-order valence-electron chi connectivity index (χ4n) is 4.21. The molecule has 1 aromatic heterocycles. The third kappa shape index (κ3) is 6.53. The topological polar surface area (TPSA) is 87.4 Å². The number of rotatable bonds is 10. The molecule has 3 aromatic carbocycles. The molecule has 1 amide bonds. The van der Waals surface area contributed by atoms with Crippen molar-refractivity contribution in [3.8, 4) is 0 Å². The van der Waals surface area contributed by atoms with Crippen LogP contribution in [0, 0.1) is 0 Å². The van der Waals surface area contributed by atoms with Gasteiger partial charge in [-0.15, -0.1) is 0 Å². The lowest BCUT2D eigenvalue weighted by Crippen LogP contribution is -2.53. The van der Waals surface area contributed by atoms with Crippen LogP contribution in [-0.4, -0.2) is 34.3 Å². The van der Waals surface area contributed by atoms with E-state index in [1.807, 2.05) is 0 Å². The van der Waals surface area contributed by atoms with Crippen molar-refractivity contribution in [1.29, 1.82) is 0 Å². The van der Waals surface area contributed by atoms with Crippen molar-refractivity contribution in [1.82, 2.24) is 15.6 Å². The smallest absolute Gasteiger partial charge is 0.407 e. The van der Waals surface area contributed by atoms with Gasteiger partial charge in [0.25, 0.3) is 0 Å². The first kappa shape index (κ1) is 27.6. The lowest BCUT2D eigenvalue weighted by atomic mass is 10.00. The predicted molar refractivity (Wildman–Crippen MR) is 139 cm³/mol. The van der Waals surface area contributed by atoms with Gasteiger partial charge in [-0.25, -0.2) is 4.98 Å². The van der Waals surface area contributed by atoms with Crippen LogP contribution in [0.4, 0.5) is 13.2 Å². The van der Waals surface area contributed by atoms with Gasteiger partial charge in [0, 0.05) is 5.02 Å². The summed E-state index contributed by atoms with van der Waals surface area (Å²) in [7, 11) is 0. The summed E-state index contributed by atoms with van der Waals surface area (Å²) in [5.74, 6) is -0.719. The molecule has 3 N–H and O–H groups in total. The van der Waals surface area contributed by atoms with Gasteiger partial charge in [-0.2, -0.15) is 13.2 Å². The van der Waals surface area contributed by atoms with Crippen molar-refractivity contribution in [2.24, 2.45) is 0 Å². The van der Waals surface area contributed by atoms with Gasteiger partial charge in [-0.1, -0.05) is 79.2 Å². The molecular formula is C28H27ClF3N3O3. The molecular weight excluding hydrogens is 519 g/mol. The Labute approximate surface area is 222 Å². The number of aliphatic hydroxyl groups excluding tert-OH is 1. The summed E-state index contributed by atoms with van der Waals surface area (Å²) in [5.41, 5.74) is 1.48. The number of hydrogen-bond donors (Lipinski definition) is 3. The van der Waals surface area contributed by atoms with Gasteiger partial charge in [-0.05, 0) is 42.2 Å². The normalized spacial score (nSPS) is 15.1. The number of fused-ring (bicyclic) bond motifs is 1. The Bertz CT molecular complexity index is 1330. The van der Waals surface area contributed by atoms with Crippen LogP contribution in [0.25, 0.3) is 11.1 Å². The lowest BCUT2D eigenvalue weighted by Gasteiger charge is -2.29. The highest BCUT2D eigenvalue weighted by molar-refractivity contribution is 6.31. The van der Waals surface area contributed by atoms with E-state index in [9.17, 15) is 23.1 Å². The molecule has 1 heterocycles. The molecule has 4 rings (SSSR count). The first-order valence-corrected chi connectivity index (χ1v) is 12.5. The molecule has 0 spiro atoms. The van der Waals surface area contributed by atoms with E-state index in [1.165, 1.54) is 24.3 Å².